The maximum atomic E-state index is 13.6. The molecular formula is C19H20FNO3. The fourth-order valence-electron chi connectivity index (χ4n) is 3.52. The molecule has 0 radical (unpaired) electrons. The first-order valence-corrected chi connectivity index (χ1v) is 7.78. The van der Waals surface area contributed by atoms with Gasteiger partial charge in [0.2, 0.25) is 0 Å². The molecule has 0 fully saturated rings. The molecule has 2 N–H and O–H groups in total. The average molecular weight is 329 g/mol. The molecule has 1 amide bonds. The van der Waals surface area contributed by atoms with Crippen LogP contribution in [0.2, 0.25) is 0 Å². The van der Waals surface area contributed by atoms with Crippen molar-refractivity contribution in [3.63, 3.8) is 0 Å². The summed E-state index contributed by atoms with van der Waals surface area (Å²) < 4.78 is 19.1. The number of fused-ring (bicyclic) bond motifs is 1. The average Bonchev–Trinajstić information content (AvgIpc) is 2.75. The highest BCUT2D eigenvalue weighted by molar-refractivity contribution is 5.73. The Morgan fingerprint density at radius 3 is 2.71 bits per heavy atom. The zero-order valence-electron chi connectivity index (χ0n) is 13.9. The lowest BCUT2D eigenvalue weighted by molar-refractivity contribution is 0.175. The second-order valence-corrected chi connectivity index (χ2v) is 6.81. The molecule has 1 aliphatic rings. The number of ether oxygens (including phenoxy) is 1. The number of carboxylic acid groups (broad SMARTS) is 1. The number of carbonyl (C=O) groups is 1. The van der Waals surface area contributed by atoms with E-state index in [4.69, 9.17) is 9.84 Å². The zero-order chi connectivity index (χ0) is 17.5. The van der Waals surface area contributed by atoms with Gasteiger partial charge in [0.05, 0.1) is 13.2 Å². The molecule has 126 valence electrons. The summed E-state index contributed by atoms with van der Waals surface area (Å²) in [5.74, 6) is 0.301. The monoisotopic (exact) mass is 329 g/mol. The van der Waals surface area contributed by atoms with Gasteiger partial charge in [-0.15, -0.1) is 0 Å². The van der Waals surface area contributed by atoms with Crippen molar-refractivity contribution in [1.29, 1.82) is 0 Å². The highest BCUT2D eigenvalue weighted by Crippen LogP contribution is 2.48. The van der Waals surface area contributed by atoms with E-state index in [9.17, 15) is 9.18 Å². The molecule has 24 heavy (non-hydrogen) atoms. The van der Waals surface area contributed by atoms with Crippen LogP contribution in [0.25, 0.3) is 11.1 Å². The first kappa shape index (κ1) is 16.3. The van der Waals surface area contributed by atoms with Gasteiger partial charge in [0, 0.05) is 5.56 Å². The summed E-state index contributed by atoms with van der Waals surface area (Å²) in [6.45, 7) is 4.06. The largest absolute Gasteiger partial charge is 0.496 e. The predicted octanol–water partition coefficient (Wildman–Crippen LogP) is 4.39. The van der Waals surface area contributed by atoms with E-state index in [1.807, 2.05) is 32.0 Å². The molecule has 4 nitrogen and oxygen atoms in total. The number of amides is 1. The first-order valence-electron chi connectivity index (χ1n) is 7.78. The quantitative estimate of drug-likeness (QED) is 0.878. The molecule has 2 aromatic rings. The summed E-state index contributed by atoms with van der Waals surface area (Å²) >= 11 is 0. The Hall–Kier alpha value is -2.56. The molecule has 5 heteroatoms. The van der Waals surface area contributed by atoms with Gasteiger partial charge in [0.15, 0.2) is 0 Å². The Morgan fingerprint density at radius 2 is 2.08 bits per heavy atom. The summed E-state index contributed by atoms with van der Waals surface area (Å²) in [6, 6.07) is 9.91. The summed E-state index contributed by atoms with van der Waals surface area (Å²) in [6.07, 6.45) is -0.311. The van der Waals surface area contributed by atoms with Gasteiger partial charge in [-0.2, -0.15) is 0 Å². The molecule has 0 spiro atoms. The van der Waals surface area contributed by atoms with Crippen LogP contribution in [0.3, 0.4) is 0 Å². The molecule has 3 rings (SSSR count). The van der Waals surface area contributed by atoms with E-state index in [1.54, 1.807) is 13.2 Å². The van der Waals surface area contributed by atoms with Crippen LogP contribution in [0.1, 0.15) is 31.0 Å². The van der Waals surface area contributed by atoms with Crippen LogP contribution < -0.4 is 10.1 Å². The number of hydrogen-bond donors (Lipinski definition) is 2. The van der Waals surface area contributed by atoms with E-state index in [1.165, 1.54) is 12.1 Å². The second-order valence-electron chi connectivity index (χ2n) is 6.81. The number of nitrogens with one attached hydrogen (secondary N) is 1. The van der Waals surface area contributed by atoms with Gasteiger partial charge < -0.3 is 15.2 Å². The predicted molar refractivity (Wildman–Crippen MR) is 89.8 cm³/mol. The van der Waals surface area contributed by atoms with Gasteiger partial charge in [-0.25, -0.2) is 9.18 Å². The number of hydrogen-bond acceptors (Lipinski definition) is 2. The van der Waals surface area contributed by atoms with Gasteiger partial charge in [-0.1, -0.05) is 26.0 Å². The molecule has 2 aromatic carbocycles. The van der Waals surface area contributed by atoms with Crippen LogP contribution in [0, 0.1) is 11.2 Å². The van der Waals surface area contributed by atoms with Crippen LogP contribution >= 0.6 is 0 Å². The van der Waals surface area contributed by atoms with Crippen LogP contribution in [-0.2, 0) is 6.42 Å². The Bertz CT molecular complexity index is 801. The number of rotatable bonds is 3. The fraction of sp³-hybridized carbons (Fsp3) is 0.316. The van der Waals surface area contributed by atoms with Crippen molar-refractivity contribution in [2.45, 2.75) is 26.3 Å². The van der Waals surface area contributed by atoms with E-state index < -0.39 is 6.09 Å². The standard InChI is InChI=1S/C19H20FNO3/c1-19(2)10-12-8-14(11-5-4-6-13(20)7-11)16(24-3)9-15(12)17(19)21-18(22)23/h4-9,17,21H,10H2,1-3H3,(H,22,23). The van der Waals surface area contributed by atoms with Gasteiger partial charge in [-0.05, 0) is 52.8 Å². The Balaban J connectivity index is 2.13. The minimum Gasteiger partial charge on any atom is -0.496 e. The molecular weight excluding hydrogens is 309 g/mol. The van der Waals surface area contributed by atoms with Crippen molar-refractivity contribution in [2.75, 3.05) is 7.11 Å². The molecule has 0 saturated carbocycles. The molecule has 0 aliphatic heterocycles. The summed E-state index contributed by atoms with van der Waals surface area (Å²) in [5.41, 5.74) is 3.27. The third-order valence-electron chi connectivity index (χ3n) is 4.60. The summed E-state index contributed by atoms with van der Waals surface area (Å²) in [4.78, 5) is 11.1. The summed E-state index contributed by atoms with van der Waals surface area (Å²) in [5, 5.41) is 11.7. The third-order valence-corrected chi connectivity index (χ3v) is 4.60. The van der Waals surface area contributed by atoms with Crippen LogP contribution in [0.15, 0.2) is 36.4 Å². The fourth-order valence-corrected chi connectivity index (χ4v) is 3.52. The highest BCUT2D eigenvalue weighted by Gasteiger charge is 2.40. The van der Waals surface area contributed by atoms with Gasteiger partial charge in [0.25, 0.3) is 0 Å². The van der Waals surface area contributed by atoms with Crippen molar-refractivity contribution in [2.24, 2.45) is 5.41 Å². The summed E-state index contributed by atoms with van der Waals surface area (Å²) in [7, 11) is 1.56. The van der Waals surface area contributed by atoms with E-state index in [0.717, 1.165) is 28.7 Å². The molecule has 0 aromatic heterocycles. The zero-order valence-corrected chi connectivity index (χ0v) is 13.9. The molecule has 1 unspecified atom stereocenters. The number of halogens is 1. The minimum atomic E-state index is -1.05. The second kappa shape index (κ2) is 5.82. The smallest absolute Gasteiger partial charge is 0.405 e. The minimum absolute atomic E-state index is 0.244. The molecule has 1 atom stereocenters. The third kappa shape index (κ3) is 2.82. The van der Waals surface area contributed by atoms with E-state index in [2.05, 4.69) is 5.32 Å². The van der Waals surface area contributed by atoms with Crippen molar-refractivity contribution < 1.29 is 19.0 Å². The Morgan fingerprint density at radius 1 is 1.33 bits per heavy atom. The van der Waals surface area contributed by atoms with E-state index in [-0.39, 0.29) is 17.3 Å². The maximum absolute atomic E-state index is 13.6. The van der Waals surface area contributed by atoms with E-state index >= 15 is 0 Å². The van der Waals surface area contributed by atoms with Crippen molar-refractivity contribution in [3.05, 3.63) is 53.3 Å². The van der Waals surface area contributed by atoms with Crippen molar-refractivity contribution in [3.8, 4) is 16.9 Å². The topological polar surface area (TPSA) is 58.6 Å². The molecule has 1 aliphatic carbocycles. The Labute approximate surface area is 140 Å². The molecule has 0 heterocycles. The van der Waals surface area contributed by atoms with Gasteiger partial charge in [0.1, 0.15) is 11.6 Å². The molecule has 0 bridgehead atoms. The Kier molecular flexibility index (Phi) is 3.95. The van der Waals surface area contributed by atoms with Crippen LogP contribution in [0.5, 0.6) is 5.75 Å². The number of benzene rings is 2. The van der Waals surface area contributed by atoms with Gasteiger partial charge >= 0.3 is 6.09 Å². The van der Waals surface area contributed by atoms with Crippen molar-refractivity contribution >= 4 is 6.09 Å². The normalized spacial score (nSPS) is 18.1. The number of methoxy groups -OCH3 is 1. The SMILES string of the molecule is COc1cc2c(cc1-c1cccc(F)c1)CC(C)(C)C2NC(=O)O. The lowest BCUT2D eigenvalue weighted by Gasteiger charge is -2.27. The van der Waals surface area contributed by atoms with Crippen LogP contribution in [0.4, 0.5) is 9.18 Å². The lowest BCUT2D eigenvalue weighted by Crippen LogP contribution is -2.34. The first-order chi connectivity index (χ1) is 11.3. The van der Waals surface area contributed by atoms with Crippen LogP contribution in [-0.4, -0.2) is 18.3 Å². The highest BCUT2D eigenvalue weighted by atomic mass is 19.1. The maximum Gasteiger partial charge on any atom is 0.405 e. The van der Waals surface area contributed by atoms with Crippen molar-refractivity contribution in [1.82, 2.24) is 5.32 Å². The molecule has 0 saturated heterocycles. The van der Waals surface area contributed by atoms with E-state index in [0.29, 0.717) is 5.75 Å². The van der Waals surface area contributed by atoms with Gasteiger partial charge in [-0.3, -0.25) is 0 Å². The lowest BCUT2D eigenvalue weighted by atomic mass is 9.85.